The molecule has 14 nitrogen and oxygen atoms in total. The molecule has 1 aromatic rings. The highest BCUT2D eigenvalue weighted by molar-refractivity contribution is 7.90. The highest BCUT2D eigenvalue weighted by Crippen LogP contribution is 2.31. The summed E-state index contributed by atoms with van der Waals surface area (Å²) in [5.41, 5.74) is 6.67. The molecule has 0 aromatic heterocycles. The summed E-state index contributed by atoms with van der Waals surface area (Å²) in [6, 6.07) is 4.45. The summed E-state index contributed by atoms with van der Waals surface area (Å²) in [7, 11) is -2.09. The van der Waals surface area contributed by atoms with E-state index >= 15 is 0 Å². The molecule has 1 aromatic carbocycles. The number of nitrogens with two attached hydrogens (primary N) is 1. The number of ether oxygens (including phenoxy) is 6. The molecule has 206 valence electrons. The Morgan fingerprint density at radius 2 is 1.76 bits per heavy atom. The smallest absolute Gasteiger partial charge is 0.407 e. The van der Waals surface area contributed by atoms with Crippen molar-refractivity contribution in [3.8, 4) is 5.75 Å². The molecule has 1 saturated heterocycles. The van der Waals surface area contributed by atoms with Gasteiger partial charge in [-0.25, -0.2) is 18.0 Å². The SMILES string of the molecule is COC(=O)C1O[C@@H](Oc2ccc(COC(=O)NCCS(C)(=O)=O)cc2N)C(OC(C)=O)C[C@@H]1OC(C)=O. The molecule has 0 radical (unpaired) electrons. The van der Waals surface area contributed by atoms with E-state index in [0.717, 1.165) is 20.3 Å². The van der Waals surface area contributed by atoms with Crippen molar-refractivity contribution in [1.82, 2.24) is 5.32 Å². The largest absolute Gasteiger partial charge is 0.467 e. The number of hydrogen-bond acceptors (Lipinski definition) is 13. The average Bonchev–Trinajstić information content (AvgIpc) is 2.78. The van der Waals surface area contributed by atoms with E-state index in [-0.39, 0.29) is 36.8 Å². The number of sulfone groups is 1. The first-order valence-electron chi connectivity index (χ1n) is 11.0. The van der Waals surface area contributed by atoms with Crippen LogP contribution >= 0.6 is 0 Å². The van der Waals surface area contributed by atoms with Crippen LogP contribution in [0.5, 0.6) is 5.75 Å². The number of carbonyl (C=O) groups is 4. The molecule has 1 heterocycles. The Hall–Kier alpha value is -3.59. The van der Waals surface area contributed by atoms with Gasteiger partial charge in [0.1, 0.15) is 28.3 Å². The highest BCUT2D eigenvalue weighted by Gasteiger charge is 2.47. The Kier molecular flexibility index (Phi) is 10.5. The molecule has 0 bridgehead atoms. The standard InChI is InChI=1S/C22H30N2O12S/c1-12(25)33-17-10-18(34-13(2)26)21(36-19(17)20(27)31-3)35-16-6-5-14(9-15(16)23)11-32-22(28)24-7-8-37(4,29)30/h5-6,9,17-19,21H,7-8,10-11,23H2,1-4H3,(H,24,28)/t17-,18?,19?,21+/m0/s1. The van der Waals surface area contributed by atoms with Crippen molar-refractivity contribution in [3.05, 3.63) is 23.8 Å². The van der Waals surface area contributed by atoms with Gasteiger partial charge in [0.15, 0.2) is 12.2 Å². The van der Waals surface area contributed by atoms with Crippen LogP contribution in [0.1, 0.15) is 25.8 Å². The Morgan fingerprint density at radius 1 is 1.11 bits per heavy atom. The average molecular weight is 547 g/mol. The predicted molar refractivity (Wildman–Crippen MR) is 126 cm³/mol. The molecular formula is C22H30N2O12S. The van der Waals surface area contributed by atoms with Gasteiger partial charge in [-0.05, 0) is 17.7 Å². The van der Waals surface area contributed by atoms with Crippen molar-refractivity contribution in [2.24, 2.45) is 0 Å². The number of hydrogen-bond donors (Lipinski definition) is 2. The molecule has 0 spiro atoms. The van der Waals surface area contributed by atoms with Crippen LogP contribution in [-0.2, 0) is 54.5 Å². The maximum atomic E-state index is 12.2. The monoisotopic (exact) mass is 546 g/mol. The number of esters is 3. The molecule has 2 rings (SSSR count). The third-order valence-electron chi connectivity index (χ3n) is 4.88. The maximum absolute atomic E-state index is 12.2. The number of rotatable bonds is 10. The van der Waals surface area contributed by atoms with Gasteiger partial charge in [-0.2, -0.15) is 0 Å². The topological polar surface area (TPSA) is 196 Å². The molecule has 15 heteroatoms. The molecule has 2 unspecified atom stereocenters. The van der Waals surface area contributed by atoms with Crippen molar-refractivity contribution < 1.29 is 56.0 Å². The summed E-state index contributed by atoms with van der Waals surface area (Å²) >= 11 is 0. The van der Waals surface area contributed by atoms with Gasteiger partial charge in [0.2, 0.25) is 6.29 Å². The first kappa shape index (κ1) is 29.6. The number of anilines is 1. The first-order chi connectivity index (χ1) is 17.3. The van der Waals surface area contributed by atoms with Gasteiger partial charge >= 0.3 is 24.0 Å². The van der Waals surface area contributed by atoms with Gasteiger partial charge in [0, 0.05) is 33.1 Å². The number of methoxy groups -OCH3 is 1. The minimum Gasteiger partial charge on any atom is -0.467 e. The number of alkyl carbamates (subject to hydrolysis) is 1. The summed E-state index contributed by atoms with van der Waals surface area (Å²) in [6.07, 6.45) is -4.66. The van der Waals surface area contributed by atoms with E-state index in [1.54, 1.807) is 6.07 Å². The van der Waals surface area contributed by atoms with Crippen LogP contribution in [0.25, 0.3) is 0 Å². The fourth-order valence-corrected chi connectivity index (χ4v) is 3.78. The minimum atomic E-state index is -3.22. The van der Waals surface area contributed by atoms with Crippen LogP contribution in [0.2, 0.25) is 0 Å². The van der Waals surface area contributed by atoms with E-state index in [2.05, 4.69) is 5.32 Å². The normalized spacial score (nSPS) is 21.3. The van der Waals surface area contributed by atoms with Gasteiger partial charge < -0.3 is 39.5 Å². The van der Waals surface area contributed by atoms with Gasteiger partial charge in [-0.1, -0.05) is 6.07 Å². The molecule has 3 N–H and O–H groups in total. The van der Waals surface area contributed by atoms with Crippen LogP contribution in [0, 0.1) is 0 Å². The molecule has 37 heavy (non-hydrogen) atoms. The molecular weight excluding hydrogens is 516 g/mol. The van der Waals surface area contributed by atoms with Crippen molar-refractivity contribution in [2.75, 3.05) is 31.4 Å². The van der Waals surface area contributed by atoms with Gasteiger partial charge in [-0.3, -0.25) is 9.59 Å². The summed E-state index contributed by atoms with van der Waals surface area (Å²) in [5, 5.41) is 2.32. The van der Waals surface area contributed by atoms with E-state index in [4.69, 9.17) is 34.2 Å². The first-order valence-corrected chi connectivity index (χ1v) is 13.1. The van der Waals surface area contributed by atoms with Gasteiger partial charge in [0.25, 0.3) is 0 Å². The fourth-order valence-electron chi connectivity index (χ4n) is 3.31. The zero-order valence-electron chi connectivity index (χ0n) is 20.8. The third-order valence-corrected chi connectivity index (χ3v) is 5.83. The molecule has 4 atom stereocenters. The van der Waals surface area contributed by atoms with Crippen LogP contribution < -0.4 is 15.8 Å². The number of amides is 1. The van der Waals surface area contributed by atoms with Crippen molar-refractivity contribution >= 4 is 39.5 Å². The molecule has 1 fully saturated rings. The maximum Gasteiger partial charge on any atom is 0.407 e. The molecule has 1 amide bonds. The lowest BCUT2D eigenvalue weighted by atomic mass is 10.0. The zero-order valence-corrected chi connectivity index (χ0v) is 21.6. The lowest BCUT2D eigenvalue weighted by Gasteiger charge is -2.38. The van der Waals surface area contributed by atoms with Crippen molar-refractivity contribution in [3.63, 3.8) is 0 Å². The second-order valence-electron chi connectivity index (χ2n) is 8.10. The Balaban J connectivity index is 2.09. The third kappa shape index (κ3) is 9.76. The van der Waals surface area contributed by atoms with Crippen LogP contribution in [-0.4, -0.2) is 82.7 Å². The van der Waals surface area contributed by atoms with Crippen LogP contribution in [0.3, 0.4) is 0 Å². The number of carbonyl (C=O) groups excluding carboxylic acids is 4. The van der Waals surface area contributed by atoms with E-state index in [1.165, 1.54) is 19.1 Å². The highest BCUT2D eigenvalue weighted by atomic mass is 32.2. The summed E-state index contributed by atoms with van der Waals surface area (Å²) in [6.45, 7) is 2.07. The zero-order chi connectivity index (χ0) is 27.8. The lowest BCUT2D eigenvalue weighted by Crippen LogP contribution is -2.55. The van der Waals surface area contributed by atoms with Crippen LogP contribution in [0.4, 0.5) is 10.5 Å². The van der Waals surface area contributed by atoms with E-state index in [9.17, 15) is 27.6 Å². The molecule has 0 saturated carbocycles. The van der Waals surface area contributed by atoms with E-state index < -0.39 is 58.4 Å². The number of nitrogen functional groups attached to an aromatic ring is 1. The number of benzene rings is 1. The number of nitrogens with one attached hydrogen (secondary N) is 1. The van der Waals surface area contributed by atoms with Crippen molar-refractivity contribution in [2.45, 2.75) is 51.5 Å². The second-order valence-corrected chi connectivity index (χ2v) is 10.4. The molecule has 1 aliphatic rings. The quantitative estimate of drug-likeness (QED) is 0.227. The van der Waals surface area contributed by atoms with Crippen molar-refractivity contribution in [1.29, 1.82) is 0 Å². The Morgan fingerprint density at radius 3 is 2.32 bits per heavy atom. The van der Waals surface area contributed by atoms with Gasteiger partial charge in [-0.15, -0.1) is 0 Å². The lowest BCUT2D eigenvalue weighted by molar-refractivity contribution is -0.248. The van der Waals surface area contributed by atoms with Crippen LogP contribution in [0.15, 0.2) is 18.2 Å². The fraction of sp³-hybridized carbons (Fsp3) is 0.545. The minimum absolute atomic E-state index is 0.0949. The summed E-state index contributed by atoms with van der Waals surface area (Å²) < 4.78 is 53.8. The molecule has 0 aliphatic carbocycles. The van der Waals surface area contributed by atoms with E-state index in [1.807, 2.05) is 0 Å². The molecule has 1 aliphatic heterocycles. The second kappa shape index (κ2) is 13.1. The Labute approximate surface area is 213 Å². The van der Waals surface area contributed by atoms with E-state index in [0.29, 0.717) is 5.56 Å². The Bertz CT molecular complexity index is 1110. The summed E-state index contributed by atoms with van der Waals surface area (Å²) in [4.78, 5) is 47.1. The summed E-state index contributed by atoms with van der Waals surface area (Å²) in [5.74, 6) is -2.27. The van der Waals surface area contributed by atoms with Gasteiger partial charge in [0.05, 0.1) is 18.6 Å². The predicted octanol–water partition coefficient (Wildman–Crippen LogP) is 0.0698.